The number of carboxylic acids is 1. The van der Waals surface area contributed by atoms with Gasteiger partial charge in [-0.15, -0.1) is 0 Å². The van der Waals surface area contributed by atoms with E-state index in [-0.39, 0.29) is 24.6 Å². The number of aliphatic hydroxyl groups is 2. The average Bonchev–Trinajstić information content (AvgIpc) is 2.59. The molecule has 1 aromatic heterocycles. The number of rotatable bonds is 2. The van der Waals surface area contributed by atoms with E-state index in [9.17, 15) is 15.0 Å². The molecule has 92 valence electrons. The Hall–Kier alpha value is -1.86. The monoisotopic (exact) mass is 239 g/mol. The van der Waals surface area contributed by atoms with Crippen LogP contribution in [0.5, 0.6) is 0 Å². The minimum Gasteiger partial charge on any atom is -0.477 e. The highest BCUT2D eigenvalue weighted by atomic mass is 16.4. The Kier molecular flexibility index (Phi) is 2.86. The number of nitrogens with zero attached hydrogens (tertiary/aromatic N) is 2. The quantitative estimate of drug-likeness (QED) is 0.517. The molecule has 0 spiro atoms. The van der Waals surface area contributed by atoms with E-state index in [1.165, 1.54) is 12.1 Å². The first-order valence-electron chi connectivity index (χ1n) is 5.10. The molecule has 1 aliphatic rings. The van der Waals surface area contributed by atoms with Gasteiger partial charge in [0, 0.05) is 13.1 Å². The molecule has 5 N–H and O–H groups in total. The Morgan fingerprint density at radius 1 is 1.35 bits per heavy atom. The highest BCUT2D eigenvalue weighted by Gasteiger charge is 2.31. The number of aromatic carboxylic acids is 1. The summed E-state index contributed by atoms with van der Waals surface area (Å²) < 4.78 is 0. The molecule has 7 nitrogen and oxygen atoms in total. The maximum Gasteiger partial charge on any atom is 0.354 e. The SMILES string of the molecule is Nc1ccc(C(=O)O)nc1N1CC(O)C(O)C1. The van der Waals surface area contributed by atoms with Crippen molar-refractivity contribution >= 4 is 17.5 Å². The zero-order chi connectivity index (χ0) is 12.6. The smallest absolute Gasteiger partial charge is 0.354 e. The van der Waals surface area contributed by atoms with Crippen molar-refractivity contribution in [2.45, 2.75) is 12.2 Å². The highest BCUT2D eigenvalue weighted by molar-refractivity contribution is 5.87. The van der Waals surface area contributed by atoms with E-state index >= 15 is 0 Å². The molecule has 0 saturated carbocycles. The van der Waals surface area contributed by atoms with Crippen molar-refractivity contribution in [3.63, 3.8) is 0 Å². The van der Waals surface area contributed by atoms with Crippen molar-refractivity contribution in [3.8, 4) is 0 Å². The Morgan fingerprint density at radius 3 is 2.47 bits per heavy atom. The van der Waals surface area contributed by atoms with Gasteiger partial charge in [-0.2, -0.15) is 0 Å². The van der Waals surface area contributed by atoms with E-state index in [0.717, 1.165) is 0 Å². The minimum absolute atomic E-state index is 0.120. The fourth-order valence-electron chi connectivity index (χ4n) is 1.77. The summed E-state index contributed by atoms with van der Waals surface area (Å²) in [5.41, 5.74) is 5.90. The number of β-amino-alcohol motifs (C(OH)–C–C–N with tert-alkyl or cyclic N) is 2. The van der Waals surface area contributed by atoms with Crippen LogP contribution in [-0.4, -0.2) is 51.6 Å². The van der Waals surface area contributed by atoms with Crippen molar-refractivity contribution in [3.05, 3.63) is 17.8 Å². The predicted molar refractivity (Wildman–Crippen MR) is 59.8 cm³/mol. The first-order valence-corrected chi connectivity index (χ1v) is 5.10. The number of carbonyl (C=O) groups is 1. The average molecular weight is 239 g/mol. The molecule has 0 radical (unpaired) electrons. The van der Waals surface area contributed by atoms with Crippen molar-refractivity contribution in [1.29, 1.82) is 0 Å². The lowest BCUT2D eigenvalue weighted by Gasteiger charge is -2.18. The Balaban J connectivity index is 2.32. The molecule has 1 fully saturated rings. The van der Waals surface area contributed by atoms with E-state index in [2.05, 4.69) is 4.98 Å². The maximum absolute atomic E-state index is 10.8. The van der Waals surface area contributed by atoms with Gasteiger partial charge in [-0.3, -0.25) is 0 Å². The predicted octanol–water partition coefficient (Wildman–Crippen LogP) is -1.10. The molecule has 1 aliphatic heterocycles. The maximum atomic E-state index is 10.8. The number of hydrogen-bond acceptors (Lipinski definition) is 6. The number of nitrogens with two attached hydrogens (primary N) is 1. The van der Waals surface area contributed by atoms with Gasteiger partial charge in [0.1, 0.15) is 0 Å². The molecule has 17 heavy (non-hydrogen) atoms. The summed E-state index contributed by atoms with van der Waals surface area (Å²) in [6.07, 6.45) is -1.74. The highest BCUT2D eigenvalue weighted by Crippen LogP contribution is 2.25. The van der Waals surface area contributed by atoms with Crippen LogP contribution in [0.4, 0.5) is 11.5 Å². The number of aromatic nitrogens is 1. The van der Waals surface area contributed by atoms with Gasteiger partial charge >= 0.3 is 5.97 Å². The molecule has 1 saturated heterocycles. The summed E-state index contributed by atoms with van der Waals surface area (Å²) in [5.74, 6) is -0.868. The van der Waals surface area contributed by atoms with Gasteiger partial charge in [0.15, 0.2) is 11.5 Å². The summed E-state index contributed by atoms with van der Waals surface area (Å²) in [6.45, 7) is 0.364. The summed E-state index contributed by atoms with van der Waals surface area (Å²) in [7, 11) is 0. The van der Waals surface area contributed by atoms with Crippen molar-refractivity contribution in [2.75, 3.05) is 23.7 Å². The molecule has 2 rings (SSSR count). The summed E-state index contributed by atoms with van der Waals surface area (Å²) in [5, 5.41) is 27.7. The zero-order valence-electron chi connectivity index (χ0n) is 8.95. The van der Waals surface area contributed by atoms with Crippen LogP contribution in [0.1, 0.15) is 10.5 Å². The Morgan fingerprint density at radius 2 is 1.94 bits per heavy atom. The van der Waals surface area contributed by atoms with Crippen molar-refractivity contribution < 1.29 is 20.1 Å². The third kappa shape index (κ3) is 2.15. The van der Waals surface area contributed by atoms with Crippen molar-refractivity contribution in [2.24, 2.45) is 0 Å². The molecule has 1 aromatic rings. The normalized spacial score (nSPS) is 24.0. The molecule has 7 heteroatoms. The standard InChI is InChI=1S/C10H13N3O4/c11-5-1-2-6(10(16)17)12-9(5)13-3-7(14)8(15)4-13/h1-2,7-8,14-15H,3-4,11H2,(H,16,17). The fourth-order valence-corrected chi connectivity index (χ4v) is 1.77. The van der Waals surface area contributed by atoms with Crippen LogP contribution in [-0.2, 0) is 0 Å². The van der Waals surface area contributed by atoms with Gasteiger partial charge in [0.05, 0.1) is 17.9 Å². The number of pyridine rings is 1. The van der Waals surface area contributed by atoms with Crippen LogP contribution in [0.25, 0.3) is 0 Å². The van der Waals surface area contributed by atoms with E-state index < -0.39 is 18.2 Å². The summed E-state index contributed by atoms with van der Waals surface area (Å²) in [6, 6.07) is 2.76. The molecule has 0 amide bonds. The third-order valence-corrected chi connectivity index (χ3v) is 2.68. The Labute approximate surface area is 97.1 Å². The second-order valence-electron chi connectivity index (χ2n) is 3.95. The number of nitrogen functional groups attached to an aromatic ring is 1. The van der Waals surface area contributed by atoms with Crippen LogP contribution in [0.3, 0.4) is 0 Å². The van der Waals surface area contributed by atoms with E-state index in [1.807, 2.05) is 0 Å². The van der Waals surface area contributed by atoms with Crippen LogP contribution in [0.15, 0.2) is 12.1 Å². The number of aliphatic hydroxyl groups excluding tert-OH is 2. The minimum atomic E-state index is -1.15. The lowest BCUT2D eigenvalue weighted by Crippen LogP contribution is -2.24. The van der Waals surface area contributed by atoms with Crippen molar-refractivity contribution in [1.82, 2.24) is 4.98 Å². The van der Waals surface area contributed by atoms with Gasteiger partial charge in [-0.25, -0.2) is 9.78 Å². The van der Waals surface area contributed by atoms with Crippen LogP contribution in [0, 0.1) is 0 Å². The molecule has 0 aromatic carbocycles. The van der Waals surface area contributed by atoms with Gasteiger partial charge in [-0.05, 0) is 12.1 Å². The van der Waals surface area contributed by atoms with Crippen LogP contribution in [0.2, 0.25) is 0 Å². The lowest BCUT2D eigenvalue weighted by molar-refractivity contribution is 0.0572. The third-order valence-electron chi connectivity index (χ3n) is 2.68. The topological polar surface area (TPSA) is 120 Å². The van der Waals surface area contributed by atoms with E-state index in [1.54, 1.807) is 4.90 Å². The molecular weight excluding hydrogens is 226 g/mol. The Bertz CT molecular complexity index is 441. The lowest BCUT2D eigenvalue weighted by atomic mass is 10.3. The number of anilines is 2. The van der Waals surface area contributed by atoms with Crippen LogP contribution >= 0.6 is 0 Å². The number of carboxylic acid groups (broad SMARTS) is 1. The van der Waals surface area contributed by atoms with Gasteiger partial charge in [0.2, 0.25) is 0 Å². The molecule has 0 aliphatic carbocycles. The van der Waals surface area contributed by atoms with Gasteiger partial charge in [-0.1, -0.05) is 0 Å². The molecule has 2 heterocycles. The van der Waals surface area contributed by atoms with Gasteiger partial charge in [0.25, 0.3) is 0 Å². The second-order valence-corrected chi connectivity index (χ2v) is 3.95. The summed E-state index contributed by atoms with van der Waals surface area (Å²) in [4.78, 5) is 16.3. The molecule has 0 bridgehead atoms. The summed E-state index contributed by atoms with van der Waals surface area (Å²) >= 11 is 0. The molecule has 2 unspecified atom stereocenters. The zero-order valence-corrected chi connectivity index (χ0v) is 8.95. The van der Waals surface area contributed by atoms with E-state index in [0.29, 0.717) is 5.69 Å². The molecule has 2 atom stereocenters. The molecular formula is C10H13N3O4. The number of hydrogen-bond donors (Lipinski definition) is 4. The van der Waals surface area contributed by atoms with E-state index in [4.69, 9.17) is 10.8 Å². The largest absolute Gasteiger partial charge is 0.477 e. The fraction of sp³-hybridized carbons (Fsp3) is 0.400. The first kappa shape index (κ1) is 11.6. The van der Waals surface area contributed by atoms with Crippen LogP contribution < -0.4 is 10.6 Å². The first-order chi connectivity index (χ1) is 7.99. The van der Waals surface area contributed by atoms with Gasteiger partial charge < -0.3 is 26.0 Å². The second kappa shape index (κ2) is 4.19.